The van der Waals surface area contributed by atoms with Crippen molar-refractivity contribution in [1.82, 2.24) is 5.32 Å². The Hall–Kier alpha value is -2.37. The molecule has 0 spiro atoms. The Bertz CT molecular complexity index is 763. The summed E-state index contributed by atoms with van der Waals surface area (Å²) >= 11 is 6.02. The molecule has 0 bridgehead atoms. The number of halogens is 1. The van der Waals surface area contributed by atoms with Gasteiger partial charge in [0.25, 0.3) is 0 Å². The lowest BCUT2D eigenvalue weighted by Crippen LogP contribution is -2.41. The number of carboxylic acid groups (broad SMARTS) is 1. The minimum absolute atomic E-state index is 0.133. The second-order valence-corrected chi connectivity index (χ2v) is 7.06. The van der Waals surface area contributed by atoms with Crippen LogP contribution in [-0.2, 0) is 16.0 Å². The van der Waals surface area contributed by atoms with Crippen molar-refractivity contribution < 1.29 is 19.8 Å². The van der Waals surface area contributed by atoms with Crippen LogP contribution in [0.4, 0.5) is 0 Å². The molecule has 6 heteroatoms. The van der Waals surface area contributed by atoms with Crippen LogP contribution in [0.2, 0.25) is 5.02 Å². The quantitative estimate of drug-likeness (QED) is 0.588. The molecule has 2 aromatic rings. The van der Waals surface area contributed by atoms with Crippen molar-refractivity contribution in [2.75, 3.05) is 6.61 Å². The number of aliphatic carboxylic acids is 1. The van der Waals surface area contributed by atoms with Gasteiger partial charge in [0.05, 0.1) is 12.0 Å². The third-order valence-corrected chi connectivity index (χ3v) is 4.70. The number of aliphatic hydroxyl groups excluding tert-OH is 1. The maximum atomic E-state index is 11.4. The molecule has 2 atom stereocenters. The molecule has 0 aliphatic heterocycles. The molecular formula is C20H22ClNO4. The number of carbonyl (C=O) groups is 2. The van der Waals surface area contributed by atoms with E-state index >= 15 is 0 Å². The molecule has 0 aliphatic rings. The third-order valence-electron chi connectivity index (χ3n) is 4.46. The topological polar surface area (TPSA) is 86.6 Å². The first-order chi connectivity index (χ1) is 12.4. The lowest BCUT2D eigenvalue weighted by atomic mass is 9.82. The van der Waals surface area contributed by atoms with Gasteiger partial charge in [-0.05, 0) is 48.6 Å². The molecule has 0 fully saturated rings. The number of carboxylic acids is 1. The molecule has 0 radical (unpaired) electrons. The number of amides is 1. The SMILES string of the molecule is CC(CO)(CC(Cc1ccc(-c2cccc(Cl)c2)cc1)NC=O)C(=O)O. The summed E-state index contributed by atoms with van der Waals surface area (Å²) in [6.45, 7) is 0.976. The van der Waals surface area contributed by atoms with Crippen molar-refractivity contribution in [1.29, 1.82) is 0 Å². The standard InChI is InChI=1S/C20H22ClNO4/c1-20(12-23,19(25)26)11-18(22-13-24)9-14-5-7-15(8-6-14)16-3-2-4-17(21)10-16/h2-8,10,13,18,23H,9,11-12H2,1H3,(H,22,24)(H,25,26). The van der Waals surface area contributed by atoms with E-state index in [2.05, 4.69) is 5.32 Å². The van der Waals surface area contributed by atoms with Crippen LogP contribution < -0.4 is 5.32 Å². The molecule has 2 rings (SSSR count). The van der Waals surface area contributed by atoms with E-state index in [0.717, 1.165) is 16.7 Å². The van der Waals surface area contributed by atoms with Gasteiger partial charge in [-0.15, -0.1) is 0 Å². The third kappa shape index (κ3) is 5.07. The first-order valence-corrected chi connectivity index (χ1v) is 8.64. The molecule has 5 nitrogen and oxygen atoms in total. The molecule has 2 aromatic carbocycles. The van der Waals surface area contributed by atoms with Gasteiger partial charge in [-0.3, -0.25) is 9.59 Å². The molecule has 3 N–H and O–H groups in total. The van der Waals surface area contributed by atoms with E-state index in [-0.39, 0.29) is 6.42 Å². The van der Waals surface area contributed by atoms with Gasteiger partial charge in [-0.2, -0.15) is 0 Å². The number of hydrogen-bond donors (Lipinski definition) is 3. The summed E-state index contributed by atoms with van der Waals surface area (Å²) < 4.78 is 0. The van der Waals surface area contributed by atoms with E-state index in [1.807, 2.05) is 48.5 Å². The Kier molecular flexibility index (Phi) is 6.77. The number of benzene rings is 2. The molecule has 0 aromatic heterocycles. The molecule has 1 amide bonds. The lowest BCUT2D eigenvalue weighted by Gasteiger charge is -2.27. The molecule has 138 valence electrons. The van der Waals surface area contributed by atoms with Crippen molar-refractivity contribution in [2.45, 2.75) is 25.8 Å². The van der Waals surface area contributed by atoms with Crippen molar-refractivity contribution >= 4 is 24.0 Å². The van der Waals surface area contributed by atoms with Gasteiger partial charge >= 0.3 is 5.97 Å². The largest absolute Gasteiger partial charge is 0.481 e. The van der Waals surface area contributed by atoms with Crippen molar-refractivity contribution in [2.24, 2.45) is 5.41 Å². The summed E-state index contributed by atoms with van der Waals surface area (Å²) in [5, 5.41) is 22.1. The second kappa shape index (κ2) is 8.83. The van der Waals surface area contributed by atoms with Crippen LogP contribution in [-0.4, -0.2) is 35.2 Å². The number of aliphatic hydroxyl groups is 1. The van der Waals surface area contributed by atoms with Crippen LogP contribution in [0, 0.1) is 5.41 Å². The summed E-state index contributed by atoms with van der Waals surface area (Å²) in [6.07, 6.45) is 1.16. The summed E-state index contributed by atoms with van der Waals surface area (Å²) in [7, 11) is 0. The van der Waals surface area contributed by atoms with E-state index < -0.39 is 24.0 Å². The fourth-order valence-corrected chi connectivity index (χ4v) is 3.03. The average molecular weight is 376 g/mol. The number of nitrogens with one attached hydrogen (secondary N) is 1. The Balaban J connectivity index is 2.14. The van der Waals surface area contributed by atoms with E-state index in [0.29, 0.717) is 17.9 Å². The summed E-state index contributed by atoms with van der Waals surface area (Å²) in [5.74, 6) is -1.09. The molecule has 0 saturated carbocycles. The maximum absolute atomic E-state index is 11.4. The molecule has 0 saturated heterocycles. The van der Waals surface area contributed by atoms with Crippen LogP contribution in [0.1, 0.15) is 18.9 Å². The maximum Gasteiger partial charge on any atom is 0.311 e. The van der Waals surface area contributed by atoms with Crippen LogP contribution in [0.15, 0.2) is 48.5 Å². The van der Waals surface area contributed by atoms with Crippen LogP contribution in [0.25, 0.3) is 11.1 Å². The fourth-order valence-electron chi connectivity index (χ4n) is 2.84. The second-order valence-electron chi connectivity index (χ2n) is 6.62. The smallest absolute Gasteiger partial charge is 0.311 e. The zero-order valence-electron chi connectivity index (χ0n) is 14.5. The van der Waals surface area contributed by atoms with Crippen molar-refractivity contribution in [3.8, 4) is 11.1 Å². The normalized spacial score (nSPS) is 14.3. The summed E-state index contributed by atoms with van der Waals surface area (Å²) in [4.78, 5) is 22.3. The number of carbonyl (C=O) groups excluding carboxylic acids is 1. The molecule has 2 unspecified atom stereocenters. The highest BCUT2D eigenvalue weighted by molar-refractivity contribution is 6.30. The zero-order valence-corrected chi connectivity index (χ0v) is 15.2. The van der Waals surface area contributed by atoms with Gasteiger partial charge in [0, 0.05) is 11.1 Å². The zero-order chi connectivity index (χ0) is 19.2. The monoisotopic (exact) mass is 375 g/mol. The molecular weight excluding hydrogens is 354 g/mol. The number of rotatable bonds is 9. The highest BCUT2D eigenvalue weighted by Crippen LogP contribution is 2.26. The van der Waals surface area contributed by atoms with Crippen molar-refractivity contribution in [3.63, 3.8) is 0 Å². The van der Waals surface area contributed by atoms with E-state index in [4.69, 9.17) is 11.6 Å². The van der Waals surface area contributed by atoms with Gasteiger partial charge in [0.1, 0.15) is 0 Å². The molecule has 0 aliphatic carbocycles. The predicted molar refractivity (Wildman–Crippen MR) is 101 cm³/mol. The Morgan fingerprint density at radius 2 is 1.92 bits per heavy atom. The first kappa shape index (κ1) is 19.9. The van der Waals surface area contributed by atoms with Crippen LogP contribution in [0.5, 0.6) is 0 Å². The van der Waals surface area contributed by atoms with Gasteiger partial charge in [0.2, 0.25) is 6.41 Å². The van der Waals surface area contributed by atoms with Crippen molar-refractivity contribution in [3.05, 3.63) is 59.1 Å². The molecule has 26 heavy (non-hydrogen) atoms. The van der Waals surface area contributed by atoms with Crippen LogP contribution >= 0.6 is 11.6 Å². The van der Waals surface area contributed by atoms with Crippen LogP contribution in [0.3, 0.4) is 0 Å². The minimum Gasteiger partial charge on any atom is -0.481 e. The highest BCUT2D eigenvalue weighted by Gasteiger charge is 2.35. The summed E-state index contributed by atoms with van der Waals surface area (Å²) in [5.41, 5.74) is 1.68. The Morgan fingerprint density at radius 3 is 2.46 bits per heavy atom. The summed E-state index contributed by atoms with van der Waals surface area (Å²) in [6, 6.07) is 15.0. The average Bonchev–Trinajstić information content (AvgIpc) is 2.62. The number of hydrogen-bond acceptors (Lipinski definition) is 3. The lowest BCUT2D eigenvalue weighted by molar-refractivity contribution is -0.151. The van der Waals surface area contributed by atoms with E-state index in [9.17, 15) is 19.8 Å². The van der Waals surface area contributed by atoms with E-state index in [1.165, 1.54) is 6.92 Å². The highest BCUT2D eigenvalue weighted by atomic mass is 35.5. The van der Waals surface area contributed by atoms with E-state index in [1.54, 1.807) is 0 Å². The van der Waals surface area contributed by atoms with Gasteiger partial charge in [-0.25, -0.2) is 0 Å². The Labute approximate surface area is 157 Å². The van der Waals surface area contributed by atoms with Gasteiger partial charge < -0.3 is 15.5 Å². The minimum atomic E-state index is -1.30. The Morgan fingerprint density at radius 1 is 1.23 bits per heavy atom. The molecule has 0 heterocycles. The van der Waals surface area contributed by atoms with Gasteiger partial charge in [0.15, 0.2) is 0 Å². The van der Waals surface area contributed by atoms with Gasteiger partial charge in [-0.1, -0.05) is 48.0 Å². The fraction of sp³-hybridized carbons (Fsp3) is 0.300. The predicted octanol–water partition coefficient (Wildman–Crippen LogP) is 3.14. The first-order valence-electron chi connectivity index (χ1n) is 8.27.